The molecule has 0 unspecified atom stereocenters. The Labute approximate surface area is 231 Å². The summed E-state index contributed by atoms with van der Waals surface area (Å²) >= 11 is 0. The molecule has 2 aromatic rings. The highest BCUT2D eigenvalue weighted by molar-refractivity contribution is 5.31. The van der Waals surface area contributed by atoms with Gasteiger partial charge in [0.05, 0.1) is 6.54 Å². The van der Waals surface area contributed by atoms with Gasteiger partial charge in [-0.15, -0.1) is 0 Å². The van der Waals surface area contributed by atoms with Crippen LogP contribution in [0.5, 0.6) is 0 Å². The van der Waals surface area contributed by atoms with Crippen molar-refractivity contribution in [3.05, 3.63) is 48.5 Å². The number of nitrogens with zero attached hydrogens (tertiary/aromatic N) is 2. The lowest BCUT2D eigenvalue weighted by Crippen LogP contribution is -2.37. The number of rotatable bonds is 25. The highest BCUT2D eigenvalue weighted by atomic mass is 15.1. The van der Waals surface area contributed by atoms with Gasteiger partial charge in [-0.3, -0.25) is 0 Å². The first-order chi connectivity index (χ1) is 18.4. The van der Waals surface area contributed by atoms with Crippen LogP contribution in [-0.4, -0.2) is 4.57 Å². The van der Waals surface area contributed by atoms with Crippen molar-refractivity contribution >= 4 is 0 Å². The van der Waals surface area contributed by atoms with E-state index in [1.54, 1.807) is 0 Å². The Morgan fingerprint density at radius 2 is 0.946 bits per heavy atom. The summed E-state index contributed by atoms with van der Waals surface area (Å²) < 4.78 is 4.99. The van der Waals surface area contributed by atoms with E-state index < -0.39 is 0 Å². The molecule has 0 saturated carbocycles. The van der Waals surface area contributed by atoms with Gasteiger partial charge < -0.3 is 0 Å². The zero-order valence-corrected chi connectivity index (χ0v) is 24.9. The quantitative estimate of drug-likeness (QED) is 0.0929. The summed E-state index contributed by atoms with van der Waals surface area (Å²) in [5.74, 6) is 1.49. The first-order valence-electron chi connectivity index (χ1n) is 16.5. The fraction of sp³-hybridized carbons (Fsp3) is 0.743. The van der Waals surface area contributed by atoms with Crippen LogP contribution in [0.4, 0.5) is 0 Å². The summed E-state index contributed by atoms with van der Waals surface area (Å²) in [5, 5.41) is 0. The molecule has 0 aliphatic heterocycles. The van der Waals surface area contributed by atoms with Crippen molar-refractivity contribution in [2.45, 2.75) is 168 Å². The number of imidazole rings is 1. The summed E-state index contributed by atoms with van der Waals surface area (Å²) in [6, 6.07) is 10.9. The molecule has 0 N–H and O–H groups in total. The summed E-state index contributed by atoms with van der Waals surface area (Å²) in [4.78, 5) is 0. The molecule has 2 heteroatoms. The van der Waals surface area contributed by atoms with Gasteiger partial charge in [-0.2, -0.15) is 4.57 Å². The Morgan fingerprint density at radius 1 is 0.514 bits per heavy atom. The van der Waals surface area contributed by atoms with Crippen LogP contribution in [0, 0.1) is 0 Å². The Morgan fingerprint density at radius 3 is 1.43 bits per heavy atom. The molecule has 2 rings (SSSR count). The lowest BCUT2D eigenvalue weighted by atomic mass is 10.1. The van der Waals surface area contributed by atoms with Gasteiger partial charge in [-0.1, -0.05) is 154 Å². The van der Waals surface area contributed by atoms with E-state index in [1.807, 2.05) is 0 Å². The van der Waals surface area contributed by atoms with E-state index in [4.69, 9.17) is 0 Å². The van der Waals surface area contributed by atoms with Crippen molar-refractivity contribution in [3.8, 4) is 5.69 Å². The van der Waals surface area contributed by atoms with Crippen molar-refractivity contribution < 1.29 is 4.57 Å². The molecule has 0 spiro atoms. The molecule has 0 amide bonds. The number of para-hydroxylation sites is 1. The average molecular weight is 510 g/mol. The Kier molecular flexibility index (Phi) is 19.2. The lowest BCUT2D eigenvalue weighted by Gasteiger charge is -2.07. The molecule has 0 radical (unpaired) electrons. The first-order valence-corrected chi connectivity index (χ1v) is 16.5. The smallest absolute Gasteiger partial charge is 0.234 e. The minimum atomic E-state index is 1.17. The molecule has 1 aromatic carbocycles. The maximum absolute atomic E-state index is 2.55. The van der Waals surface area contributed by atoms with Gasteiger partial charge in [-0.05, 0) is 31.4 Å². The van der Waals surface area contributed by atoms with Gasteiger partial charge in [-0.25, -0.2) is 4.57 Å². The van der Waals surface area contributed by atoms with Crippen molar-refractivity contribution in [1.82, 2.24) is 4.57 Å². The monoisotopic (exact) mass is 509 g/mol. The predicted octanol–water partition coefficient (Wildman–Crippen LogP) is 10.9. The molecule has 0 atom stereocenters. The van der Waals surface area contributed by atoms with E-state index in [0.717, 1.165) is 0 Å². The molecule has 2 nitrogen and oxygen atoms in total. The van der Waals surface area contributed by atoms with Crippen molar-refractivity contribution in [2.75, 3.05) is 0 Å². The van der Waals surface area contributed by atoms with Gasteiger partial charge in [0, 0.05) is 6.42 Å². The van der Waals surface area contributed by atoms with Crippen molar-refractivity contribution in [2.24, 2.45) is 0 Å². The SMILES string of the molecule is CCCCCCCCCCCCCC[n+]1ccn(-c2ccccc2)c1CCCCCCCCCCCC. The second kappa shape index (κ2) is 22.4. The van der Waals surface area contributed by atoms with E-state index >= 15 is 0 Å². The number of aryl methyl sites for hydroxylation is 1. The predicted molar refractivity (Wildman–Crippen MR) is 163 cm³/mol. The number of unbranched alkanes of at least 4 members (excludes halogenated alkanes) is 20. The normalized spacial score (nSPS) is 11.4. The van der Waals surface area contributed by atoms with Gasteiger partial charge >= 0.3 is 0 Å². The maximum atomic E-state index is 2.55. The fourth-order valence-corrected chi connectivity index (χ4v) is 5.64. The van der Waals surface area contributed by atoms with Crippen LogP contribution in [0.3, 0.4) is 0 Å². The van der Waals surface area contributed by atoms with E-state index in [2.05, 4.69) is 65.7 Å². The Hall–Kier alpha value is -1.57. The largest absolute Gasteiger partial charge is 0.261 e. The van der Waals surface area contributed by atoms with Gasteiger partial charge in [0.25, 0.3) is 5.82 Å². The van der Waals surface area contributed by atoms with Crippen LogP contribution in [0.15, 0.2) is 42.7 Å². The zero-order chi connectivity index (χ0) is 26.2. The van der Waals surface area contributed by atoms with Crippen LogP contribution in [0.1, 0.15) is 161 Å². The maximum Gasteiger partial charge on any atom is 0.261 e. The summed E-state index contributed by atoms with van der Waals surface area (Å²) in [5.41, 5.74) is 1.30. The average Bonchev–Trinajstić information content (AvgIpc) is 3.33. The second-order valence-corrected chi connectivity index (χ2v) is 11.4. The van der Waals surface area contributed by atoms with E-state index in [-0.39, 0.29) is 0 Å². The third-order valence-electron chi connectivity index (χ3n) is 8.05. The first kappa shape index (κ1) is 31.6. The van der Waals surface area contributed by atoms with E-state index in [0.29, 0.717) is 0 Å². The van der Waals surface area contributed by atoms with Crippen LogP contribution in [0.25, 0.3) is 5.69 Å². The number of hydrogen-bond donors (Lipinski definition) is 0. The van der Waals surface area contributed by atoms with Crippen LogP contribution in [-0.2, 0) is 13.0 Å². The number of aromatic nitrogens is 2. The summed E-state index contributed by atoms with van der Waals surface area (Å²) in [6.07, 6.45) is 36.8. The van der Waals surface area contributed by atoms with E-state index in [9.17, 15) is 0 Å². The molecule has 1 heterocycles. The Bertz CT molecular complexity index is 748. The zero-order valence-electron chi connectivity index (χ0n) is 24.9. The van der Waals surface area contributed by atoms with Crippen LogP contribution >= 0.6 is 0 Å². The molecule has 0 fully saturated rings. The second-order valence-electron chi connectivity index (χ2n) is 11.4. The van der Waals surface area contributed by atoms with Gasteiger partial charge in [0.2, 0.25) is 0 Å². The molecule has 0 saturated heterocycles. The molecule has 210 valence electrons. The Balaban J connectivity index is 1.66. The molecule has 0 bridgehead atoms. The third-order valence-corrected chi connectivity index (χ3v) is 8.05. The molecule has 1 aromatic heterocycles. The van der Waals surface area contributed by atoms with Gasteiger partial charge in [0.1, 0.15) is 18.1 Å². The standard InChI is InChI=1S/C35H61N2/c1-3-5-7-9-11-13-15-16-18-20-22-27-31-36-32-33-37(34-28-24-23-25-29-34)35(36)30-26-21-19-17-14-12-10-8-6-4-2/h23-25,28-29,32-33H,3-22,26-27,30-31H2,1-2H3/q+1. The fourth-order valence-electron chi connectivity index (χ4n) is 5.64. The molecule has 37 heavy (non-hydrogen) atoms. The summed E-state index contributed by atoms with van der Waals surface area (Å²) in [6.45, 7) is 5.78. The summed E-state index contributed by atoms with van der Waals surface area (Å²) in [7, 11) is 0. The van der Waals surface area contributed by atoms with Crippen molar-refractivity contribution in [3.63, 3.8) is 0 Å². The lowest BCUT2D eigenvalue weighted by molar-refractivity contribution is -0.704. The molecular formula is C35H61N2+. The van der Waals surface area contributed by atoms with Gasteiger partial charge in [0.15, 0.2) is 0 Å². The minimum absolute atomic E-state index is 1.17. The van der Waals surface area contributed by atoms with E-state index in [1.165, 1.54) is 166 Å². The minimum Gasteiger partial charge on any atom is -0.234 e. The van der Waals surface area contributed by atoms with Crippen molar-refractivity contribution in [1.29, 1.82) is 0 Å². The number of benzene rings is 1. The molecule has 0 aliphatic carbocycles. The van der Waals surface area contributed by atoms with Crippen LogP contribution in [0.2, 0.25) is 0 Å². The van der Waals surface area contributed by atoms with Crippen LogP contribution < -0.4 is 4.57 Å². The molecular weight excluding hydrogens is 448 g/mol. The topological polar surface area (TPSA) is 8.81 Å². The third kappa shape index (κ3) is 14.8. The highest BCUT2D eigenvalue weighted by Gasteiger charge is 2.18. The highest BCUT2D eigenvalue weighted by Crippen LogP contribution is 2.16. The molecule has 0 aliphatic rings. The number of hydrogen-bond acceptors (Lipinski definition) is 0.